The minimum atomic E-state index is -0.382. The van der Waals surface area contributed by atoms with Gasteiger partial charge >= 0.3 is 0 Å². The van der Waals surface area contributed by atoms with Crippen LogP contribution in [0, 0.1) is 10.1 Å². The van der Waals surface area contributed by atoms with E-state index in [1.54, 1.807) is 12.1 Å². The van der Waals surface area contributed by atoms with E-state index in [9.17, 15) is 10.1 Å². The van der Waals surface area contributed by atoms with Crippen LogP contribution in [0.3, 0.4) is 0 Å². The number of nitro groups is 1. The van der Waals surface area contributed by atoms with Gasteiger partial charge in [0.15, 0.2) is 0 Å². The fourth-order valence-electron chi connectivity index (χ4n) is 2.22. The van der Waals surface area contributed by atoms with Crippen molar-refractivity contribution in [1.29, 1.82) is 0 Å². The molecular weight excluding hydrogens is 254 g/mol. The largest absolute Gasteiger partial charge is 0.366 e. The first-order valence-electron chi connectivity index (χ1n) is 6.34. The number of hydrogen-bond acceptors (Lipinski definition) is 4. The number of nitro benzene ring substituents is 1. The molecule has 1 aliphatic heterocycles. The van der Waals surface area contributed by atoms with Gasteiger partial charge in [0.05, 0.1) is 11.5 Å². The number of non-ortho nitro benzene ring substituents is 1. The van der Waals surface area contributed by atoms with Crippen LogP contribution in [0.1, 0.15) is 16.7 Å². The number of nitrogens with one attached hydrogen (secondary N) is 1. The molecular formula is C15H13N3O2. The zero-order valence-corrected chi connectivity index (χ0v) is 10.7. The second-order valence-electron chi connectivity index (χ2n) is 4.60. The van der Waals surface area contributed by atoms with E-state index in [2.05, 4.69) is 10.3 Å². The molecule has 3 rings (SSSR count). The third-order valence-corrected chi connectivity index (χ3v) is 3.27. The average molecular weight is 267 g/mol. The molecule has 2 aromatic carbocycles. The molecule has 0 aliphatic carbocycles. The van der Waals surface area contributed by atoms with Crippen molar-refractivity contribution < 1.29 is 4.92 Å². The Morgan fingerprint density at radius 2 is 2.00 bits per heavy atom. The number of nitrogens with zero attached hydrogens (tertiary/aromatic N) is 2. The van der Waals surface area contributed by atoms with Crippen molar-refractivity contribution in [2.24, 2.45) is 4.99 Å². The molecule has 0 atom stereocenters. The summed E-state index contributed by atoms with van der Waals surface area (Å²) in [6, 6.07) is 14.9. The van der Waals surface area contributed by atoms with Crippen LogP contribution in [0.25, 0.3) is 0 Å². The Hall–Kier alpha value is -2.69. The highest BCUT2D eigenvalue weighted by Crippen LogP contribution is 2.23. The summed E-state index contributed by atoms with van der Waals surface area (Å²) >= 11 is 0. The average Bonchev–Trinajstić information content (AvgIpc) is 2.88. The predicted molar refractivity (Wildman–Crippen MR) is 76.6 cm³/mol. The van der Waals surface area contributed by atoms with Crippen LogP contribution >= 0.6 is 0 Å². The Morgan fingerprint density at radius 1 is 1.20 bits per heavy atom. The third-order valence-electron chi connectivity index (χ3n) is 3.27. The van der Waals surface area contributed by atoms with Crippen LogP contribution in [0.15, 0.2) is 53.5 Å². The third kappa shape index (κ3) is 2.38. The molecule has 20 heavy (non-hydrogen) atoms. The van der Waals surface area contributed by atoms with Crippen molar-refractivity contribution in [3.05, 3.63) is 75.3 Å². The van der Waals surface area contributed by atoms with Crippen molar-refractivity contribution in [3.63, 3.8) is 0 Å². The second kappa shape index (κ2) is 5.13. The molecule has 0 unspecified atom stereocenters. The molecule has 5 nitrogen and oxygen atoms in total. The predicted octanol–water partition coefficient (Wildman–Crippen LogP) is 2.64. The van der Waals surface area contributed by atoms with Crippen molar-refractivity contribution in [2.45, 2.75) is 13.1 Å². The molecule has 0 amide bonds. The van der Waals surface area contributed by atoms with Crippen molar-refractivity contribution in [1.82, 2.24) is 5.32 Å². The maximum Gasteiger partial charge on any atom is 0.270 e. The van der Waals surface area contributed by atoms with E-state index >= 15 is 0 Å². The Kier molecular flexibility index (Phi) is 3.16. The molecule has 0 fully saturated rings. The van der Waals surface area contributed by atoms with E-state index in [1.165, 1.54) is 6.07 Å². The molecule has 1 aliphatic rings. The number of benzene rings is 2. The van der Waals surface area contributed by atoms with Crippen LogP contribution < -0.4 is 5.32 Å². The van der Waals surface area contributed by atoms with Crippen molar-refractivity contribution >= 4 is 11.5 Å². The van der Waals surface area contributed by atoms with Crippen LogP contribution in [0.5, 0.6) is 0 Å². The van der Waals surface area contributed by atoms with Gasteiger partial charge in [0, 0.05) is 24.2 Å². The van der Waals surface area contributed by atoms with Crippen LogP contribution in [0.2, 0.25) is 0 Å². The number of amidine groups is 1. The van der Waals surface area contributed by atoms with Gasteiger partial charge in [-0.3, -0.25) is 15.1 Å². The number of hydrogen-bond donors (Lipinski definition) is 1. The SMILES string of the molecule is O=[N+]([O-])c1ccc2c(c1)C(NCc1ccccc1)=NC2. The normalized spacial score (nSPS) is 12.7. The first-order valence-corrected chi connectivity index (χ1v) is 6.34. The molecule has 1 heterocycles. The van der Waals surface area contributed by atoms with Gasteiger partial charge in [0.25, 0.3) is 5.69 Å². The standard InChI is InChI=1S/C15H13N3O2/c19-18(20)13-7-6-12-10-17-15(14(12)8-13)16-9-11-4-2-1-3-5-11/h1-8H,9-10H2,(H,16,17). The lowest BCUT2D eigenvalue weighted by atomic mass is 10.1. The van der Waals surface area contributed by atoms with E-state index in [-0.39, 0.29) is 10.6 Å². The minimum absolute atomic E-state index is 0.0971. The van der Waals surface area contributed by atoms with Gasteiger partial charge < -0.3 is 5.32 Å². The number of rotatable bonds is 3. The van der Waals surface area contributed by atoms with Crippen molar-refractivity contribution in [2.75, 3.05) is 0 Å². The van der Waals surface area contributed by atoms with E-state index in [0.29, 0.717) is 13.1 Å². The molecule has 0 saturated heterocycles. The summed E-state index contributed by atoms with van der Waals surface area (Å²) in [6.07, 6.45) is 0. The summed E-state index contributed by atoms with van der Waals surface area (Å²) < 4.78 is 0. The maximum absolute atomic E-state index is 10.8. The number of aliphatic imine (C=N–C) groups is 1. The second-order valence-corrected chi connectivity index (χ2v) is 4.60. The van der Waals surface area contributed by atoms with Gasteiger partial charge in [-0.25, -0.2) is 0 Å². The monoisotopic (exact) mass is 267 g/mol. The topological polar surface area (TPSA) is 67.5 Å². The highest BCUT2D eigenvalue weighted by molar-refractivity contribution is 6.02. The van der Waals surface area contributed by atoms with Crippen LogP contribution in [-0.2, 0) is 13.1 Å². The van der Waals surface area contributed by atoms with Crippen LogP contribution in [0.4, 0.5) is 5.69 Å². The molecule has 0 radical (unpaired) electrons. The fraction of sp³-hybridized carbons (Fsp3) is 0.133. The number of fused-ring (bicyclic) bond motifs is 1. The molecule has 0 saturated carbocycles. The zero-order valence-electron chi connectivity index (χ0n) is 10.7. The maximum atomic E-state index is 10.8. The molecule has 1 N–H and O–H groups in total. The van der Waals surface area contributed by atoms with Crippen molar-refractivity contribution in [3.8, 4) is 0 Å². The van der Waals surface area contributed by atoms with Gasteiger partial charge in [0.1, 0.15) is 5.84 Å². The Morgan fingerprint density at radius 3 is 2.75 bits per heavy atom. The summed E-state index contributed by atoms with van der Waals surface area (Å²) in [5, 5.41) is 14.1. The zero-order chi connectivity index (χ0) is 13.9. The first kappa shape index (κ1) is 12.3. The van der Waals surface area contributed by atoms with Crippen LogP contribution in [-0.4, -0.2) is 10.8 Å². The van der Waals surface area contributed by atoms with Gasteiger partial charge in [-0.15, -0.1) is 0 Å². The van der Waals surface area contributed by atoms with E-state index < -0.39 is 0 Å². The van der Waals surface area contributed by atoms with E-state index in [4.69, 9.17) is 0 Å². The smallest absolute Gasteiger partial charge is 0.270 e. The molecule has 0 aromatic heterocycles. The summed E-state index contributed by atoms with van der Waals surface area (Å²) in [4.78, 5) is 14.9. The van der Waals surface area contributed by atoms with Gasteiger partial charge in [-0.2, -0.15) is 0 Å². The van der Waals surface area contributed by atoms with Gasteiger partial charge in [0.2, 0.25) is 0 Å². The lowest BCUT2D eigenvalue weighted by Crippen LogP contribution is -2.22. The molecule has 2 aromatic rings. The summed E-state index contributed by atoms with van der Waals surface area (Å²) in [6.45, 7) is 1.23. The minimum Gasteiger partial charge on any atom is -0.366 e. The molecule has 0 bridgehead atoms. The lowest BCUT2D eigenvalue weighted by molar-refractivity contribution is -0.384. The highest BCUT2D eigenvalue weighted by Gasteiger charge is 2.19. The summed E-state index contributed by atoms with van der Waals surface area (Å²) in [7, 11) is 0. The Balaban J connectivity index is 1.78. The quantitative estimate of drug-likeness (QED) is 0.686. The highest BCUT2D eigenvalue weighted by atomic mass is 16.6. The molecule has 5 heteroatoms. The van der Waals surface area contributed by atoms with Gasteiger partial charge in [-0.1, -0.05) is 30.3 Å². The Labute approximate surface area is 116 Å². The molecule has 0 spiro atoms. The molecule has 100 valence electrons. The lowest BCUT2D eigenvalue weighted by Gasteiger charge is -2.07. The van der Waals surface area contributed by atoms with Gasteiger partial charge in [-0.05, 0) is 17.2 Å². The van der Waals surface area contributed by atoms with E-state index in [0.717, 1.165) is 22.5 Å². The fourth-order valence-corrected chi connectivity index (χ4v) is 2.22. The summed E-state index contributed by atoms with van der Waals surface area (Å²) in [5.74, 6) is 0.729. The summed E-state index contributed by atoms with van der Waals surface area (Å²) in [5.41, 5.74) is 3.09. The van der Waals surface area contributed by atoms with E-state index in [1.807, 2.05) is 30.3 Å². The first-order chi connectivity index (χ1) is 9.74. The Bertz CT molecular complexity index is 681.